The van der Waals surface area contributed by atoms with Crippen LogP contribution in [0.3, 0.4) is 0 Å². The number of hydrogen-bond acceptors (Lipinski definition) is 5. The molecule has 2 aliphatic heterocycles. The summed E-state index contributed by atoms with van der Waals surface area (Å²) in [6, 6.07) is 5.99. The topological polar surface area (TPSA) is 52.6 Å². The Morgan fingerprint density at radius 3 is 3.00 bits per heavy atom. The fourth-order valence-corrected chi connectivity index (χ4v) is 2.93. The number of pyridine rings is 1. The number of nitrogens with zero attached hydrogens (tertiary/aromatic N) is 1. The molecule has 4 rings (SSSR count). The molecule has 5 heteroatoms. The molecular formula is C16H18N2O3. The van der Waals surface area contributed by atoms with Gasteiger partial charge < -0.3 is 19.5 Å². The van der Waals surface area contributed by atoms with Crippen molar-refractivity contribution in [2.75, 3.05) is 25.3 Å². The lowest BCUT2D eigenvalue weighted by atomic mass is 10.1. The lowest BCUT2D eigenvalue weighted by Crippen LogP contribution is -2.13. The van der Waals surface area contributed by atoms with Gasteiger partial charge in [-0.15, -0.1) is 0 Å². The number of ether oxygens (including phenoxy) is 3. The Kier molecular flexibility index (Phi) is 3.27. The Morgan fingerprint density at radius 2 is 2.14 bits per heavy atom. The van der Waals surface area contributed by atoms with Gasteiger partial charge in [-0.05, 0) is 42.8 Å². The van der Waals surface area contributed by atoms with Crippen molar-refractivity contribution in [3.63, 3.8) is 0 Å². The second kappa shape index (κ2) is 5.41. The summed E-state index contributed by atoms with van der Waals surface area (Å²) in [5.41, 5.74) is 0. The van der Waals surface area contributed by atoms with Crippen molar-refractivity contribution in [1.82, 2.24) is 4.98 Å². The van der Waals surface area contributed by atoms with E-state index in [1.165, 1.54) is 12.8 Å². The first kappa shape index (κ1) is 12.7. The van der Waals surface area contributed by atoms with Gasteiger partial charge >= 0.3 is 0 Å². The molecule has 1 fully saturated rings. The van der Waals surface area contributed by atoms with Crippen LogP contribution in [0, 0.1) is 0 Å². The fraction of sp³-hybridized carbons (Fsp3) is 0.438. The molecule has 0 amide bonds. The number of anilines is 1. The van der Waals surface area contributed by atoms with Crippen molar-refractivity contribution in [3.05, 3.63) is 24.4 Å². The van der Waals surface area contributed by atoms with Gasteiger partial charge in [-0.3, -0.25) is 0 Å². The first-order valence-electron chi connectivity index (χ1n) is 7.44. The Hall–Kier alpha value is -2.01. The van der Waals surface area contributed by atoms with E-state index < -0.39 is 0 Å². The van der Waals surface area contributed by atoms with Crippen LogP contribution in [-0.4, -0.2) is 31.0 Å². The maximum Gasteiger partial charge on any atom is 0.231 e. The highest BCUT2D eigenvalue weighted by Crippen LogP contribution is 2.37. The van der Waals surface area contributed by atoms with E-state index in [-0.39, 0.29) is 0 Å². The lowest BCUT2D eigenvalue weighted by molar-refractivity contribution is 0.107. The average molecular weight is 286 g/mol. The van der Waals surface area contributed by atoms with Crippen LogP contribution in [0.1, 0.15) is 19.3 Å². The largest absolute Gasteiger partial charge is 0.454 e. The Morgan fingerprint density at radius 1 is 1.24 bits per heavy atom. The van der Waals surface area contributed by atoms with Crippen molar-refractivity contribution < 1.29 is 14.2 Å². The van der Waals surface area contributed by atoms with Crippen LogP contribution >= 0.6 is 0 Å². The summed E-state index contributed by atoms with van der Waals surface area (Å²) < 4.78 is 16.5. The zero-order chi connectivity index (χ0) is 14.1. The highest BCUT2D eigenvalue weighted by molar-refractivity contribution is 5.94. The van der Waals surface area contributed by atoms with E-state index in [9.17, 15) is 0 Å². The van der Waals surface area contributed by atoms with E-state index >= 15 is 0 Å². The summed E-state index contributed by atoms with van der Waals surface area (Å²) in [6.07, 6.45) is 5.58. The van der Waals surface area contributed by atoms with E-state index in [2.05, 4.69) is 10.3 Å². The second-order valence-electron chi connectivity index (χ2n) is 5.44. The zero-order valence-corrected chi connectivity index (χ0v) is 11.8. The van der Waals surface area contributed by atoms with E-state index in [1.807, 2.05) is 24.4 Å². The highest BCUT2D eigenvalue weighted by atomic mass is 16.7. The average Bonchev–Trinajstić information content (AvgIpc) is 3.16. The predicted octanol–water partition coefficient (Wildman–Crippen LogP) is 2.94. The van der Waals surface area contributed by atoms with Gasteiger partial charge in [0.25, 0.3) is 0 Å². The van der Waals surface area contributed by atoms with Crippen molar-refractivity contribution in [2.45, 2.75) is 25.4 Å². The normalized spacial score (nSPS) is 20.1. The third-order valence-corrected chi connectivity index (χ3v) is 4.04. The molecule has 0 radical (unpaired) electrons. The molecule has 0 bridgehead atoms. The molecule has 110 valence electrons. The molecule has 1 unspecified atom stereocenters. The number of nitrogens with one attached hydrogen (secondary N) is 1. The fourth-order valence-electron chi connectivity index (χ4n) is 2.93. The smallest absolute Gasteiger partial charge is 0.231 e. The van der Waals surface area contributed by atoms with Gasteiger partial charge in [-0.25, -0.2) is 4.98 Å². The standard InChI is InChI=1S/C16H18N2O3/c1-2-12(19-7-1)4-6-18-16-13-9-15-14(20-10-21-15)8-11(13)3-5-17-16/h3,5,8-9,12H,1-2,4,6-7,10H2,(H,17,18). The van der Waals surface area contributed by atoms with Gasteiger partial charge in [0.15, 0.2) is 11.5 Å². The maximum atomic E-state index is 5.64. The van der Waals surface area contributed by atoms with E-state index in [0.29, 0.717) is 12.9 Å². The first-order valence-corrected chi connectivity index (χ1v) is 7.44. The SMILES string of the molecule is c1cc2cc3c(cc2c(NCCC2CCCO2)n1)OCO3. The van der Waals surface area contributed by atoms with Crippen molar-refractivity contribution in [3.8, 4) is 11.5 Å². The monoisotopic (exact) mass is 286 g/mol. The van der Waals surface area contributed by atoms with Gasteiger partial charge in [0, 0.05) is 24.7 Å². The van der Waals surface area contributed by atoms with Gasteiger partial charge in [0.2, 0.25) is 6.79 Å². The molecule has 2 aliphatic rings. The summed E-state index contributed by atoms with van der Waals surface area (Å²) in [4.78, 5) is 4.45. The molecule has 1 N–H and O–H groups in total. The van der Waals surface area contributed by atoms with Crippen molar-refractivity contribution >= 4 is 16.6 Å². The molecular weight excluding hydrogens is 268 g/mol. The van der Waals surface area contributed by atoms with Gasteiger partial charge in [-0.1, -0.05) is 0 Å². The van der Waals surface area contributed by atoms with Crippen LogP contribution in [0.4, 0.5) is 5.82 Å². The Bertz CT molecular complexity index is 653. The quantitative estimate of drug-likeness (QED) is 0.936. The van der Waals surface area contributed by atoms with Crippen molar-refractivity contribution in [1.29, 1.82) is 0 Å². The molecule has 21 heavy (non-hydrogen) atoms. The minimum absolute atomic E-state index is 0.293. The molecule has 5 nitrogen and oxygen atoms in total. The summed E-state index contributed by atoms with van der Waals surface area (Å²) in [5.74, 6) is 2.49. The van der Waals surface area contributed by atoms with Crippen LogP contribution in [0.25, 0.3) is 10.8 Å². The van der Waals surface area contributed by atoms with E-state index in [4.69, 9.17) is 14.2 Å². The molecule has 1 saturated heterocycles. The highest BCUT2D eigenvalue weighted by Gasteiger charge is 2.17. The summed E-state index contributed by atoms with van der Waals surface area (Å²) in [7, 11) is 0. The van der Waals surface area contributed by atoms with Gasteiger partial charge in [0.05, 0.1) is 6.10 Å². The molecule has 1 aromatic heterocycles. The first-order chi connectivity index (χ1) is 10.4. The molecule has 1 aromatic carbocycles. The van der Waals surface area contributed by atoms with E-state index in [0.717, 1.165) is 47.7 Å². The summed E-state index contributed by atoms with van der Waals surface area (Å²) in [6.45, 7) is 2.06. The molecule has 2 aromatic rings. The van der Waals surface area contributed by atoms with Crippen LogP contribution in [0.15, 0.2) is 24.4 Å². The molecule has 0 spiro atoms. The second-order valence-corrected chi connectivity index (χ2v) is 5.44. The molecule has 3 heterocycles. The Labute approximate surface area is 123 Å². The summed E-state index contributed by atoms with van der Waals surface area (Å²) in [5, 5.41) is 5.59. The van der Waals surface area contributed by atoms with Crippen LogP contribution in [-0.2, 0) is 4.74 Å². The van der Waals surface area contributed by atoms with Crippen LogP contribution in [0.2, 0.25) is 0 Å². The number of hydrogen-bond donors (Lipinski definition) is 1. The molecule has 1 atom stereocenters. The predicted molar refractivity (Wildman–Crippen MR) is 79.9 cm³/mol. The van der Waals surface area contributed by atoms with Crippen LogP contribution in [0.5, 0.6) is 11.5 Å². The Balaban J connectivity index is 1.53. The zero-order valence-electron chi connectivity index (χ0n) is 11.8. The van der Waals surface area contributed by atoms with Crippen LogP contribution < -0.4 is 14.8 Å². The number of rotatable bonds is 4. The summed E-state index contributed by atoms with van der Waals surface area (Å²) >= 11 is 0. The third-order valence-electron chi connectivity index (χ3n) is 4.04. The molecule has 0 aliphatic carbocycles. The number of aromatic nitrogens is 1. The number of benzene rings is 1. The third kappa shape index (κ3) is 2.49. The minimum Gasteiger partial charge on any atom is -0.454 e. The molecule has 0 saturated carbocycles. The number of fused-ring (bicyclic) bond motifs is 2. The van der Waals surface area contributed by atoms with Gasteiger partial charge in [-0.2, -0.15) is 0 Å². The minimum atomic E-state index is 0.293. The maximum absolute atomic E-state index is 5.64. The van der Waals surface area contributed by atoms with E-state index in [1.54, 1.807) is 0 Å². The van der Waals surface area contributed by atoms with Gasteiger partial charge in [0.1, 0.15) is 5.82 Å². The van der Waals surface area contributed by atoms with Crippen molar-refractivity contribution in [2.24, 2.45) is 0 Å². The lowest BCUT2D eigenvalue weighted by Gasteiger charge is -2.12.